The summed E-state index contributed by atoms with van der Waals surface area (Å²) in [4.78, 5) is 11.3. The number of hydrogen-bond acceptors (Lipinski definition) is 2. The number of anilines is 1. The molecule has 1 N–H and O–H groups in total. The van der Waals surface area contributed by atoms with E-state index in [0.717, 1.165) is 0 Å². The number of hydrogen-bond donors (Lipinski definition) is 1. The van der Waals surface area contributed by atoms with Gasteiger partial charge in [0.05, 0.1) is 5.37 Å². The van der Waals surface area contributed by atoms with Crippen molar-refractivity contribution < 1.29 is 9.00 Å². The number of nitrogens with one attached hydrogen (secondary N) is 1. The van der Waals surface area contributed by atoms with Gasteiger partial charge in [0.25, 0.3) is 5.91 Å². The lowest BCUT2D eigenvalue weighted by molar-refractivity contribution is -0.109. The highest BCUT2D eigenvalue weighted by Crippen LogP contribution is 2.03. The topological polar surface area (TPSA) is 46.2 Å². The van der Waals surface area contributed by atoms with Crippen molar-refractivity contribution in [1.82, 2.24) is 0 Å². The number of para-hydroxylation sites is 1. The highest BCUT2D eigenvalue weighted by Gasteiger charge is 1.99. The maximum absolute atomic E-state index is 11.3. The fourth-order valence-corrected chi connectivity index (χ4v) is 1.53. The van der Waals surface area contributed by atoms with Crippen LogP contribution in [0.3, 0.4) is 0 Å². The molecule has 3 nitrogen and oxygen atoms in total. The number of carbonyl (C=O) groups excluding carboxylic acids is 1. The average molecular weight is 211 g/mol. The summed E-state index contributed by atoms with van der Waals surface area (Å²) in [6.45, 7) is 0. The van der Waals surface area contributed by atoms with Crippen LogP contribution in [-0.2, 0) is 14.3 Å². The largest absolute Gasteiger partial charge is 0.322 e. The van der Waals surface area contributed by atoms with E-state index in [9.17, 15) is 9.00 Å². The zero-order valence-electron chi connectivity index (χ0n) is 8.19. The molecule has 1 aromatic carbocycles. The van der Waals surface area contributed by atoms with Gasteiger partial charge in [-0.05, 0) is 21.7 Å². The lowest BCUT2D eigenvalue weighted by Gasteiger charge is -2.01. The molecule has 0 aliphatic carbocycles. The van der Waals surface area contributed by atoms with E-state index in [4.69, 9.17) is 0 Å². The van der Waals surface area contributed by atoms with Gasteiger partial charge in [0, 0.05) is 18.2 Å². The Balaban J connectivity index is 2.73. The van der Waals surface area contributed by atoms with Crippen LogP contribution < -0.4 is 5.32 Å². The summed E-state index contributed by atoms with van der Waals surface area (Å²) >= 11 is 0. The Labute approximate surface area is 84.1 Å². The Bertz CT molecular complexity index is 423. The first-order chi connectivity index (χ1) is 6.47. The predicted molar refractivity (Wildman–Crippen MR) is 61.1 cm³/mol. The maximum Gasteiger partial charge on any atom is 0.256 e. The van der Waals surface area contributed by atoms with Crippen LogP contribution in [0.1, 0.15) is 0 Å². The van der Waals surface area contributed by atoms with Crippen LogP contribution in [0.4, 0.5) is 5.69 Å². The molecule has 0 aliphatic rings. The van der Waals surface area contributed by atoms with Crippen LogP contribution in [0, 0.1) is 0 Å². The van der Waals surface area contributed by atoms with Crippen molar-refractivity contribution in [3.05, 3.63) is 30.3 Å². The second-order valence-electron chi connectivity index (χ2n) is 3.28. The zero-order valence-corrected chi connectivity index (χ0v) is 9.01. The minimum atomic E-state index is -2.13. The Morgan fingerprint density at radius 1 is 1.29 bits per heavy atom. The highest BCUT2D eigenvalue weighted by molar-refractivity contribution is 8.01. The molecule has 0 aliphatic heterocycles. The molecule has 0 heterocycles. The minimum Gasteiger partial charge on any atom is -0.322 e. The van der Waals surface area contributed by atoms with Crippen LogP contribution in [0.5, 0.6) is 0 Å². The van der Waals surface area contributed by atoms with Crippen molar-refractivity contribution in [2.45, 2.75) is 0 Å². The molecule has 76 valence electrons. The maximum atomic E-state index is 11.3. The van der Waals surface area contributed by atoms with Crippen LogP contribution in [-0.4, -0.2) is 28.0 Å². The zero-order chi connectivity index (χ0) is 10.6. The van der Waals surface area contributed by atoms with Gasteiger partial charge >= 0.3 is 0 Å². The average Bonchev–Trinajstić information content (AvgIpc) is 2.02. The summed E-state index contributed by atoms with van der Waals surface area (Å²) in [7, 11) is -2.13. The lowest BCUT2D eigenvalue weighted by atomic mass is 10.3. The summed E-state index contributed by atoms with van der Waals surface area (Å²) in [5, 5.41) is 3.83. The van der Waals surface area contributed by atoms with E-state index >= 15 is 0 Å². The van der Waals surface area contributed by atoms with Crippen molar-refractivity contribution in [3.8, 4) is 0 Å². The van der Waals surface area contributed by atoms with E-state index in [1.807, 2.05) is 18.2 Å². The SMILES string of the molecule is CS(C)(=O)=CC(=O)Nc1ccccc1. The summed E-state index contributed by atoms with van der Waals surface area (Å²) in [6, 6.07) is 9.07. The molecular formula is C10H13NO2S. The molecule has 0 aromatic heterocycles. The van der Waals surface area contributed by atoms with Gasteiger partial charge in [-0.1, -0.05) is 18.2 Å². The predicted octanol–water partition coefficient (Wildman–Crippen LogP) is 0.971. The quantitative estimate of drug-likeness (QED) is 0.741. The standard InChI is InChI=1S/C10H13NO2S/c1-14(2,13)8-10(12)11-9-6-4-3-5-7-9/h3-8H,1-2H3,(H,11,12). The first-order valence-electron chi connectivity index (χ1n) is 4.12. The Morgan fingerprint density at radius 2 is 1.86 bits per heavy atom. The van der Waals surface area contributed by atoms with Gasteiger partial charge in [0.15, 0.2) is 0 Å². The van der Waals surface area contributed by atoms with E-state index in [1.54, 1.807) is 12.1 Å². The molecule has 0 radical (unpaired) electrons. The molecule has 0 fully saturated rings. The second kappa shape index (κ2) is 4.28. The fourth-order valence-electron chi connectivity index (χ4n) is 0.951. The summed E-state index contributed by atoms with van der Waals surface area (Å²) in [5.41, 5.74) is 0.706. The summed E-state index contributed by atoms with van der Waals surface area (Å²) in [6.07, 6.45) is 3.05. The number of rotatable bonds is 2. The first-order valence-corrected chi connectivity index (χ1v) is 6.56. The molecule has 14 heavy (non-hydrogen) atoms. The smallest absolute Gasteiger partial charge is 0.256 e. The highest BCUT2D eigenvalue weighted by atomic mass is 32.2. The molecule has 0 atom stereocenters. The van der Waals surface area contributed by atoms with Gasteiger partial charge in [0.2, 0.25) is 0 Å². The number of carbonyl (C=O) groups is 1. The van der Waals surface area contributed by atoms with Crippen molar-refractivity contribution in [2.24, 2.45) is 0 Å². The molecular weight excluding hydrogens is 198 g/mol. The Morgan fingerprint density at radius 3 is 2.36 bits per heavy atom. The Hall–Kier alpha value is -1.29. The van der Waals surface area contributed by atoms with Gasteiger partial charge in [0.1, 0.15) is 0 Å². The Kier molecular flexibility index (Phi) is 3.30. The molecule has 0 bridgehead atoms. The number of amides is 1. The molecule has 0 saturated carbocycles. The van der Waals surface area contributed by atoms with Gasteiger partial charge in [-0.2, -0.15) is 0 Å². The van der Waals surface area contributed by atoms with Gasteiger partial charge < -0.3 is 5.32 Å². The van der Waals surface area contributed by atoms with Crippen molar-refractivity contribution >= 4 is 26.5 Å². The van der Waals surface area contributed by atoms with Crippen molar-refractivity contribution in [3.63, 3.8) is 0 Å². The lowest BCUT2D eigenvalue weighted by Crippen LogP contribution is -2.17. The molecule has 1 amide bonds. The van der Waals surface area contributed by atoms with E-state index < -0.39 is 9.52 Å². The van der Waals surface area contributed by atoms with E-state index in [0.29, 0.717) is 5.69 Å². The normalized spacial score (nSPS) is 10.7. The minimum absolute atomic E-state index is 0.328. The molecule has 0 saturated heterocycles. The first kappa shape index (κ1) is 10.8. The van der Waals surface area contributed by atoms with Crippen LogP contribution in [0.15, 0.2) is 30.3 Å². The summed E-state index contributed by atoms with van der Waals surface area (Å²) < 4.78 is 11.3. The van der Waals surface area contributed by atoms with Gasteiger partial charge in [-0.25, -0.2) is 0 Å². The van der Waals surface area contributed by atoms with Crippen LogP contribution in [0.2, 0.25) is 0 Å². The molecule has 0 spiro atoms. The third kappa shape index (κ3) is 4.09. The van der Waals surface area contributed by atoms with Crippen molar-refractivity contribution in [1.29, 1.82) is 0 Å². The monoisotopic (exact) mass is 211 g/mol. The molecule has 1 aromatic rings. The molecule has 0 unspecified atom stereocenters. The molecule has 1 rings (SSSR count). The number of benzene rings is 1. The van der Waals surface area contributed by atoms with Gasteiger partial charge in [-0.15, -0.1) is 0 Å². The van der Waals surface area contributed by atoms with E-state index in [1.165, 1.54) is 17.9 Å². The van der Waals surface area contributed by atoms with Crippen molar-refractivity contribution in [2.75, 3.05) is 17.8 Å². The third-order valence-electron chi connectivity index (χ3n) is 1.43. The van der Waals surface area contributed by atoms with E-state index in [2.05, 4.69) is 5.32 Å². The third-order valence-corrected chi connectivity index (χ3v) is 2.21. The van der Waals surface area contributed by atoms with Gasteiger partial charge in [-0.3, -0.25) is 9.00 Å². The van der Waals surface area contributed by atoms with Crippen LogP contribution in [0.25, 0.3) is 0 Å². The fraction of sp³-hybridized carbons (Fsp3) is 0.200. The molecule has 4 heteroatoms. The van der Waals surface area contributed by atoms with E-state index in [-0.39, 0.29) is 5.91 Å². The second-order valence-corrected chi connectivity index (χ2v) is 6.14. The summed E-state index contributed by atoms with van der Waals surface area (Å²) in [5.74, 6) is -0.328. The van der Waals surface area contributed by atoms with Crippen LogP contribution >= 0.6 is 0 Å².